The highest BCUT2D eigenvalue weighted by Gasteiger charge is 2.35. The summed E-state index contributed by atoms with van der Waals surface area (Å²) in [4.78, 5) is 51.5. The monoisotopic (exact) mass is 614 g/mol. The highest BCUT2D eigenvalue weighted by Crippen LogP contribution is 2.25. The Morgan fingerprint density at radius 1 is 0.881 bits per heavy atom. The second-order valence-electron chi connectivity index (χ2n) is 10.8. The van der Waals surface area contributed by atoms with Crippen LogP contribution in [0.5, 0.6) is 5.88 Å². The molecule has 0 aliphatic rings. The highest BCUT2D eigenvalue weighted by atomic mass is 32.2. The Morgan fingerprint density at radius 2 is 1.43 bits per heavy atom. The zero-order valence-electron chi connectivity index (χ0n) is 22.9. The van der Waals surface area contributed by atoms with Crippen molar-refractivity contribution < 1.29 is 27.4 Å². The summed E-state index contributed by atoms with van der Waals surface area (Å²) in [5.74, 6) is -0.646. The van der Waals surface area contributed by atoms with Gasteiger partial charge in [0.15, 0.2) is 0 Å². The first kappa shape index (κ1) is 29.1. The van der Waals surface area contributed by atoms with Crippen LogP contribution < -0.4 is 31.9 Å². The number of ether oxygens (including phenoxy) is 2. The van der Waals surface area contributed by atoms with Crippen molar-refractivity contribution in [2.24, 2.45) is 0 Å². The Balaban J connectivity index is 1.39. The van der Waals surface area contributed by atoms with Gasteiger partial charge in [0, 0.05) is 14.7 Å². The van der Waals surface area contributed by atoms with Crippen LogP contribution in [0.25, 0.3) is 21.5 Å². The van der Waals surface area contributed by atoms with E-state index in [0.29, 0.717) is 6.61 Å². The number of fused-ring (bicyclic) bond motifs is 2. The van der Waals surface area contributed by atoms with Crippen LogP contribution in [0.2, 0.25) is 25.7 Å². The van der Waals surface area contributed by atoms with Crippen LogP contribution in [0.3, 0.4) is 0 Å². The van der Waals surface area contributed by atoms with E-state index in [1.807, 2.05) is 0 Å². The molecule has 0 spiro atoms. The topological polar surface area (TPSA) is 184 Å². The number of hydrogen-bond donors (Lipinski definition) is 0. The molecule has 0 radical (unpaired) electrons. The van der Waals surface area contributed by atoms with E-state index in [0.717, 1.165) is 15.2 Å². The van der Waals surface area contributed by atoms with Crippen molar-refractivity contribution in [1.29, 1.82) is 0 Å². The second-order valence-corrected chi connectivity index (χ2v) is 18.3. The van der Waals surface area contributed by atoms with Gasteiger partial charge in [0.2, 0.25) is 0 Å². The Hall–Kier alpha value is -4.41. The van der Waals surface area contributed by atoms with Gasteiger partial charge < -0.3 is 14.7 Å². The molecule has 0 atom stereocenters. The fraction of sp³-hybridized carbons (Fsp3) is 0.308. The van der Waals surface area contributed by atoms with E-state index < -0.39 is 57.7 Å². The van der Waals surface area contributed by atoms with E-state index in [4.69, 9.17) is 9.47 Å². The molecule has 5 rings (SSSR count). The normalized spacial score (nSPS) is 12.5. The van der Waals surface area contributed by atoms with Gasteiger partial charge in [0.1, 0.15) is 13.3 Å². The van der Waals surface area contributed by atoms with E-state index >= 15 is 0 Å². The lowest BCUT2D eigenvalue weighted by atomic mass is 10.1. The summed E-state index contributed by atoms with van der Waals surface area (Å²) in [7, 11) is -5.73. The Kier molecular flexibility index (Phi) is 7.46. The third-order valence-corrected chi connectivity index (χ3v) is 10.1. The predicted molar refractivity (Wildman–Crippen MR) is 152 cm³/mol. The van der Waals surface area contributed by atoms with Gasteiger partial charge in [-0.3, -0.25) is 28.4 Å². The Labute approximate surface area is 238 Å². The van der Waals surface area contributed by atoms with Crippen molar-refractivity contribution in [1.82, 2.24) is 14.3 Å². The molecule has 3 aromatic heterocycles. The van der Waals surface area contributed by atoms with Crippen molar-refractivity contribution in [3.63, 3.8) is 0 Å². The summed E-state index contributed by atoms with van der Waals surface area (Å²) in [5.41, 5.74) is -2.72. The summed E-state index contributed by atoms with van der Waals surface area (Å²) in [6.07, 6.45) is 0. The first-order valence-electron chi connectivity index (χ1n) is 12.8. The van der Waals surface area contributed by atoms with Crippen molar-refractivity contribution in [2.75, 3.05) is 13.2 Å². The molecule has 3 heterocycles. The fourth-order valence-electron chi connectivity index (χ4n) is 4.40. The molecule has 42 heavy (non-hydrogen) atoms. The van der Waals surface area contributed by atoms with Crippen LogP contribution in [0.15, 0.2) is 76.2 Å². The first-order chi connectivity index (χ1) is 19.8. The molecule has 0 bridgehead atoms. The lowest BCUT2D eigenvalue weighted by Gasteiger charge is -2.15. The molecule has 2 aromatic carbocycles. The minimum atomic E-state index is -4.36. The summed E-state index contributed by atoms with van der Waals surface area (Å²) in [6.45, 7) is 5.89. The number of sulfone groups is 1. The van der Waals surface area contributed by atoms with E-state index in [9.17, 15) is 32.8 Å². The van der Waals surface area contributed by atoms with E-state index in [2.05, 4.69) is 29.4 Å². The van der Waals surface area contributed by atoms with Crippen LogP contribution in [0, 0.1) is 5.21 Å². The minimum absolute atomic E-state index is 0.00912. The third-order valence-electron chi connectivity index (χ3n) is 6.69. The Morgan fingerprint density at radius 3 is 1.98 bits per heavy atom. The van der Waals surface area contributed by atoms with Gasteiger partial charge in [-0.05, 0) is 35.2 Å². The SMILES string of the molecule is C[Si](C)(C)CCOCn1c(=O)c2cc3c(=O)n(CCOc4no[n+]([O-])c4S(=O)(=O)c4ccccc4)c(=O)c3cc2c1=O. The molecule has 0 amide bonds. The average molecular weight is 615 g/mol. The third kappa shape index (κ3) is 5.19. The van der Waals surface area contributed by atoms with Crippen molar-refractivity contribution in [2.45, 2.75) is 48.9 Å². The maximum Gasteiger partial charge on any atom is 0.415 e. The van der Waals surface area contributed by atoms with Gasteiger partial charge in [0.05, 0.1) is 38.1 Å². The zero-order valence-corrected chi connectivity index (χ0v) is 24.7. The molecule has 0 unspecified atom stereocenters. The summed E-state index contributed by atoms with van der Waals surface area (Å²) in [5, 5.41) is 14.4. The number of aromatic nitrogens is 4. The zero-order chi connectivity index (χ0) is 30.4. The van der Waals surface area contributed by atoms with E-state index in [1.165, 1.54) is 36.4 Å². The van der Waals surface area contributed by atoms with Gasteiger partial charge in [-0.1, -0.05) is 37.8 Å². The smallest absolute Gasteiger partial charge is 0.415 e. The molecule has 16 heteroatoms. The summed E-state index contributed by atoms with van der Waals surface area (Å²) >= 11 is 0. The molecule has 0 aliphatic carbocycles. The molecule has 0 aliphatic heterocycles. The van der Waals surface area contributed by atoms with Crippen LogP contribution in [-0.4, -0.2) is 44.0 Å². The standard InChI is InChI=1S/C26H26N4O10SSi/c1-42(2,3)12-11-38-15-29-24(33)19-13-17-18(14-20(19)25(29)34)23(32)28(22(17)31)9-10-39-21-26(30(35)40-27-21)41(36,37)16-7-5-4-6-8-16/h4-8,13-14H,9-12,15H2,1-3H3. The maximum atomic E-state index is 13.1. The average Bonchev–Trinajstić information content (AvgIpc) is 3.51. The molecule has 14 nitrogen and oxygen atoms in total. The largest absolute Gasteiger partial charge is 0.453 e. The number of hydrogen-bond acceptors (Lipinski definition) is 11. The number of nitrogens with zero attached hydrogens (tertiary/aromatic N) is 4. The van der Waals surface area contributed by atoms with E-state index in [1.54, 1.807) is 6.07 Å². The van der Waals surface area contributed by atoms with Crippen LogP contribution in [-0.2, 0) is 27.8 Å². The molecule has 0 saturated heterocycles. The summed E-state index contributed by atoms with van der Waals surface area (Å²) < 4.78 is 42.9. The van der Waals surface area contributed by atoms with E-state index in [-0.39, 0.29) is 44.6 Å². The highest BCUT2D eigenvalue weighted by molar-refractivity contribution is 7.91. The molecule has 220 valence electrons. The van der Waals surface area contributed by atoms with Gasteiger partial charge in [-0.25, -0.2) is 13.0 Å². The van der Waals surface area contributed by atoms with Crippen LogP contribution in [0.4, 0.5) is 0 Å². The lowest BCUT2D eigenvalue weighted by Crippen LogP contribution is -2.31. The molecule has 0 saturated carbocycles. The van der Waals surface area contributed by atoms with Gasteiger partial charge >= 0.3 is 10.9 Å². The van der Waals surface area contributed by atoms with Crippen molar-refractivity contribution >= 4 is 39.5 Å². The van der Waals surface area contributed by atoms with Gasteiger partial charge in [-0.15, -0.1) is 0 Å². The summed E-state index contributed by atoms with van der Waals surface area (Å²) in [6, 6.07) is 10.4. The van der Waals surface area contributed by atoms with Gasteiger partial charge in [0.25, 0.3) is 32.1 Å². The lowest BCUT2D eigenvalue weighted by molar-refractivity contribution is -0.832. The molecular weight excluding hydrogens is 588 g/mol. The fourth-order valence-corrected chi connectivity index (χ4v) is 6.45. The van der Waals surface area contributed by atoms with Crippen LogP contribution >= 0.6 is 0 Å². The Bertz CT molecular complexity index is 2040. The molecular formula is C26H26N4O10SSi. The molecule has 5 aromatic rings. The quantitative estimate of drug-likeness (QED) is 0.116. The second kappa shape index (κ2) is 10.8. The maximum absolute atomic E-state index is 13.1. The van der Waals surface area contributed by atoms with Crippen molar-refractivity contribution in [3.8, 4) is 5.88 Å². The van der Waals surface area contributed by atoms with Crippen LogP contribution in [0.1, 0.15) is 0 Å². The predicted octanol–water partition coefficient (Wildman–Crippen LogP) is 0.758. The molecule has 0 fully saturated rings. The first-order valence-corrected chi connectivity index (χ1v) is 18.0. The minimum Gasteiger partial charge on any atom is -0.453 e. The van der Waals surface area contributed by atoms with Crippen molar-refractivity contribution in [3.05, 3.63) is 89.1 Å². The number of rotatable bonds is 11. The van der Waals surface area contributed by atoms with Gasteiger partial charge in [-0.2, -0.15) is 0 Å². The molecule has 0 N–H and O–H groups in total. The number of benzene rings is 2.